The van der Waals surface area contributed by atoms with Crippen molar-refractivity contribution < 1.29 is 4.39 Å². The minimum Gasteiger partial charge on any atom is -0.206 e. The SMILES string of the molecule is Bc1c(B)c(C(C)C)c(C)c(F)c1C. The van der Waals surface area contributed by atoms with Crippen LogP contribution in [0.25, 0.3) is 0 Å². The summed E-state index contributed by atoms with van der Waals surface area (Å²) >= 11 is 0. The van der Waals surface area contributed by atoms with E-state index in [1.54, 1.807) is 0 Å². The number of benzene rings is 1. The van der Waals surface area contributed by atoms with E-state index in [1.807, 2.05) is 21.7 Å². The Balaban J connectivity index is 3.60. The van der Waals surface area contributed by atoms with Crippen LogP contribution in [0.1, 0.15) is 36.5 Å². The Labute approximate surface area is 87.7 Å². The van der Waals surface area contributed by atoms with E-state index in [0.717, 1.165) is 16.6 Å². The number of hydrogen-bond donors (Lipinski definition) is 0. The molecule has 1 rings (SSSR count). The zero-order valence-corrected chi connectivity index (χ0v) is 9.96. The molecule has 0 radical (unpaired) electrons. The highest BCUT2D eigenvalue weighted by Crippen LogP contribution is 2.19. The monoisotopic (exact) mass is 190 g/mol. The lowest BCUT2D eigenvalue weighted by molar-refractivity contribution is 0.606. The Morgan fingerprint density at radius 1 is 1.00 bits per heavy atom. The van der Waals surface area contributed by atoms with Crippen molar-refractivity contribution in [3.63, 3.8) is 0 Å². The Morgan fingerprint density at radius 2 is 1.50 bits per heavy atom. The van der Waals surface area contributed by atoms with Crippen LogP contribution in [0.2, 0.25) is 0 Å². The normalized spacial score (nSPS) is 11.0. The van der Waals surface area contributed by atoms with Crippen LogP contribution in [0.15, 0.2) is 0 Å². The minimum absolute atomic E-state index is 0.0307. The van der Waals surface area contributed by atoms with Gasteiger partial charge in [0.1, 0.15) is 21.5 Å². The molecule has 0 atom stereocenters. The lowest BCUT2D eigenvalue weighted by atomic mass is 9.71. The molecule has 0 N–H and O–H groups in total. The quantitative estimate of drug-likeness (QED) is 0.550. The third kappa shape index (κ3) is 1.60. The molecule has 0 saturated heterocycles. The summed E-state index contributed by atoms with van der Waals surface area (Å²) in [4.78, 5) is 0. The fourth-order valence-electron chi connectivity index (χ4n) is 2.19. The average molecular weight is 190 g/mol. The van der Waals surface area contributed by atoms with Crippen LogP contribution in [0.5, 0.6) is 0 Å². The van der Waals surface area contributed by atoms with Gasteiger partial charge >= 0.3 is 0 Å². The van der Waals surface area contributed by atoms with Gasteiger partial charge in [0.15, 0.2) is 0 Å². The molecular formula is C11H17B2F. The van der Waals surface area contributed by atoms with Crippen LogP contribution in [0, 0.1) is 19.7 Å². The van der Waals surface area contributed by atoms with Gasteiger partial charge in [-0.05, 0) is 36.5 Å². The van der Waals surface area contributed by atoms with Gasteiger partial charge < -0.3 is 0 Å². The van der Waals surface area contributed by atoms with Crippen LogP contribution >= 0.6 is 0 Å². The summed E-state index contributed by atoms with van der Waals surface area (Å²) in [6.45, 7) is 7.96. The molecule has 1 aromatic carbocycles. The number of hydrogen-bond acceptors (Lipinski definition) is 0. The lowest BCUT2D eigenvalue weighted by Crippen LogP contribution is -2.34. The summed E-state index contributed by atoms with van der Waals surface area (Å²) in [6.07, 6.45) is 0. The second kappa shape index (κ2) is 3.80. The van der Waals surface area contributed by atoms with Crippen molar-refractivity contribution in [3.05, 3.63) is 22.5 Å². The molecule has 0 aliphatic rings. The lowest BCUT2D eigenvalue weighted by Gasteiger charge is -2.19. The molecule has 0 saturated carbocycles. The van der Waals surface area contributed by atoms with E-state index in [-0.39, 0.29) is 5.82 Å². The fraction of sp³-hybridized carbons (Fsp3) is 0.455. The highest BCUT2D eigenvalue weighted by Gasteiger charge is 2.15. The molecule has 0 aromatic heterocycles. The molecule has 0 nitrogen and oxygen atoms in total. The summed E-state index contributed by atoms with van der Waals surface area (Å²) in [6, 6.07) is 0. The molecular weight excluding hydrogens is 173 g/mol. The molecule has 0 heterocycles. The first kappa shape index (κ1) is 11.4. The summed E-state index contributed by atoms with van der Waals surface area (Å²) in [5, 5.41) is 0. The van der Waals surface area contributed by atoms with E-state index < -0.39 is 0 Å². The predicted molar refractivity (Wildman–Crippen MR) is 66.3 cm³/mol. The highest BCUT2D eigenvalue weighted by molar-refractivity contribution is 6.50. The van der Waals surface area contributed by atoms with Crippen LogP contribution < -0.4 is 10.9 Å². The Kier molecular flexibility index (Phi) is 3.08. The van der Waals surface area contributed by atoms with Crippen molar-refractivity contribution in [1.29, 1.82) is 0 Å². The molecule has 0 bridgehead atoms. The van der Waals surface area contributed by atoms with Crippen LogP contribution in [-0.4, -0.2) is 15.7 Å². The van der Waals surface area contributed by atoms with Gasteiger partial charge in [0.2, 0.25) is 0 Å². The predicted octanol–water partition coefficient (Wildman–Crippen LogP) is 0.0827. The third-order valence-electron chi connectivity index (χ3n) is 3.17. The van der Waals surface area contributed by atoms with Crippen molar-refractivity contribution >= 4 is 26.6 Å². The van der Waals surface area contributed by atoms with Gasteiger partial charge in [0.05, 0.1) is 0 Å². The molecule has 0 aliphatic carbocycles. The number of rotatable bonds is 1. The molecule has 3 heteroatoms. The highest BCUT2D eigenvalue weighted by atomic mass is 19.1. The van der Waals surface area contributed by atoms with Crippen molar-refractivity contribution in [3.8, 4) is 0 Å². The first-order valence-electron chi connectivity index (χ1n) is 5.13. The molecule has 14 heavy (non-hydrogen) atoms. The fourth-order valence-corrected chi connectivity index (χ4v) is 2.19. The van der Waals surface area contributed by atoms with Gasteiger partial charge in [0.25, 0.3) is 0 Å². The summed E-state index contributed by atoms with van der Waals surface area (Å²) in [5.74, 6) is 0.362. The van der Waals surface area contributed by atoms with Crippen molar-refractivity contribution in [2.24, 2.45) is 0 Å². The van der Waals surface area contributed by atoms with Crippen LogP contribution in [0.3, 0.4) is 0 Å². The van der Waals surface area contributed by atoms with Crippen molar-refractivity contribution in [2.75, 3.05) is 0 Å². The standard InChI is InChI=1S/C11H17B2F/c1-5(2)8-6(3)11(14)7(4)9(12)10(8)13/h5H,12-13H2,1-4H3. The second-order valence-corrected chi connectivity index (χ2v) is 4.38. The third-order valence-corrected chi connectivity index (χ3v) is 3.17. The van der Waals surface area contributed by atoms with Crippen molar-refractivity contribution in [2.45, 2.75) is 33.6 Å². The molecule has 0 unspecified atom stereocenters. The maximum atomic E-state index is 13.8. The van der Waals surface area contributed by atoms with Gasteiger partial charge in [-0.25, -0.2) is 4.39 Å². The van der Waals surface area contributed by atoms with Gasteiger partial charge in [-0.3, -0.25) is 0 Å². The van der Waals surface area contributed by atoms with Gasteiger partial charge in [-0.15, -0.1) is 0 Å². The van der Waals surface area contributed by atoms with Crippen LogP contribution in [-0.2, 0) is 0 Å². The largest absolute Gasteiger partial charge is 0.206 e. The van der Waals surface area contributed by atoms with E-state index in [1.165, 1.54) is 11.0 Å². The Morgan fingerprint density at radius 3 is 1.93 bits per heavy atom. The first-order chi connectivity index (χ1) is 6.37. The zero-order valence-electron chi connectivity index (χ0n) is 9.96. The topological polar surface area (TPSA) is 0 Å². The Bertz CT molecular complexity index is 341. The second-order valence-electron chi connectivity index (χ2n) is 4.38. The van der Waals surface area contributed by atoms with Gasteiger partial charge in [-0.2, -0.15) is 0 Å². The van der Waals surface area contributed by atoms with Gasteiger partial charge in [0, 0.05) is 0 Å². The van der Waals surface area contributed by atoms with E-state index in [9.17, 15) is 4.39 Å². The maximum absolute atomic E-state index is 13.8. The molecule has 0 amide bonds. The average Bonchev–Trinajstić information content (AvgIpc) is 2.11. The zero-order chi connectivity index (χ0) is 11.0. The Hall–Kier alpha value is -0.720. The van der Waals surface area contributed by atoms with E-state index in [0.29, 0.717) is 5.92 Å². The molecule has 0 aliphatic heterocycles. The summed E-state index contributed by atoms with van der Waals surface area (Å²) in [5.41, 5.74) is 5.13. The van der Waals surface area contributed by atoms with Crippen LogP contribution in [0.4, 0.5) is 4.39 Å². The minimum atomic E-state index is -0.0307. The first-order valence-corrected chi connectivity index (χ1v) is 5.13. The van der Waals surface area contributed by atoms with E-state index >= 15 is 0 Å². The molecule has 1 aromatic rings. The summed E-state index contributed by atoms with van der Waals surface area (Å²) < 4.78 is 13.8. The number of halogens is 1. The van der Waals surface area contributed by atoms with Crippen molar-refractivity contribution in [1.82, 2.24) is 0 Å². The molecule has 0 fully saturated rings. The maximum Gasteiger partial charge on any atom is 0.139 e. The van der Waals surface area contributed by atoms with E-state index in [2.05, 4.69) is 21.7 Å². The molecule has 0 spiro atoms. The molecule has 74 valence electrons. The van der Waals surface area contributed by atoms with Gasteiger partial charge in [-0.1, -0.05) is 24.8 Å². The smallest absolute Gasteiger partial charge is 0.139 e. The van der Waals surface area contributed by atoms with E-state index in [4.69, 9.17) is 0 Å². The summed E-state index contributed by atoms with van der Waals surface area (Å²) in [7, 11) is 4.09.